The highest BCUT2D eigenvalue weighted by molar-refractivity contribution is 4.97. The van der Waals surface area contributed by atoms with Crippen LogP contribution in [0.4, 0.5) is 8.78 Å². The van der Waals surface area contributed by atoms with Gasteiger partial charge in [-0.2, -0.15) is 0 Å². The van der Waals surface area contributed by atoms with Crippen LogP contribution in [0.5, 0.6) is 0 Å². The molecule has 0 aromatic carbocycles. The predicted molar refractivity (Wildman–Crippen MR) is 72.1 cm³/mol. The number of halogens is 2. The molecule has 0 spiro atoms. The third kappa shape index (κ3) is 4.16. The summed E-state index contributed by atoms with van der Waals surface area (Å²) in [5, 5.41) is 3.60. The molecule has 1 atom stereocenters. The first-order chi connectivity index (χ1) is 8.42. The minimum atomic E-state index is -2.23. The maximum Gasteiger partial charge on any atom is 0.251 e. The third-order valence-electron chi connectivity index (χ3n) is 4.20. The summed E-state index contributed by atoms with van der Waals surface area (Å²) in [6.45, 7) is 10.1. The quantitative estimate of drug-likeness (QED) is 0.791. The van der Waals surface area contributed by atoms with Gasteiger partial charge >= 0.3 is 0 Å². The van der Waals surface area contributed by atoms with Crippen molar-refractivity contribution in [2.75, 3.05) is 19.6 Å². The predicted octanol–water partition coefficient (Wildman–Crippen LogP) is 3.13. The molecule has 0 radical (unpaired) electrons. The van der Waals surface area contributed by atoms with E-state index in [-0.39, 0.29) is 18.1 Å². The van der Waals surface area contributed by atoms with Crippen LogP contribution in [0.1, 0.15) is 47.0 Å². The lowest BCUT2D eigenvalue weighted by Crippen LogP contribution is -2.64. The number of piperazine rings is 1. The minimum absolute atomic E-state index is 0.0301. The van der Waals surface area contributed by atoms with Gasteiger partial charge in [-0.3, -0.25) is 4.90 Å². The van der Waals surface area contributed by atoms with E-state index in [9.17, 15) is 8.78 Å². The summed E-state index contributed by atoms with van der Waals surface area (Å²) in [6.07, 6.45) is 0.752. The topological polar surface area (TPSA) is 15.3 Å². The number of hydrogen-bond acceptors (Lipinski definition) is 2. The van der Waals surface area contributed by atoms with Gasteiger partial charge in [-0.05, 0) is 25.2 Å². The van der Waals surface area contributed by atoms with Crippen LogP contribution in [0.15, 0.2) is 0 Å². The zero-order chi connectivity index (χ0) is 13.8. The van der Waals surface area contributed by atoms with Gasteiger partial charge in [0.15, 0.2) is 0 Å². The van der Waals surface area contributed by atoms with Gasteiger partial charge in [-0.1, -0.05) is 27.7 Å². The first-order valence-corrected chi connectivity index (χ1v) is 7.19. The van der Waals surface area contributed by atoms with Crippen LogP contribution < -0.4 is 5.32 Å². The summed E-state index contributed by atoms with van der Waals surface area (Å²) in [4.78, 5) is 2.01. The Balaban J connectivity index is 2.71. The zero-order valence-electron chi connectivity index (χ0n) is 12.2. The second-order valence-corrected chi connectivity index (χ2v) is 5.97. The van der Waals surface area contributed by atoms with Crippen LogP contribution in [-0.4, -0.2) is 42.5 Å². The molecule has 1 heterocycles. The van der Waals surface area contributed by atoms with Gasteiger partial charge in [-0.25, -0.2) is 8.78 Å². The van der Waals surface area contributed by atoms with Crippen molar-refractivity contribution in [1.29, 1.82) is 0 Å². The van der Waals surface area contributed by atoms with Crippen molar-refractivity contribution in [3.05, 3.63) is 0 Å². The second kappa shape index (κ2) is 6.80. The Morgan fingerprint density at radius 3 is 2.33 bits per heavy atom. The lowest BCUT2D eigenvalue weighted by Gasteiger charge is -2.48. The standard InChI is InChI=1S/C14H28F2N2/c1-5-14(6-2)10-18(9-13(15)16)12(8-17-14)7-11(3)4/h11-13,17H,5-10H2,1-4H3. The summed E-state index contributed by atoms with van der Waals surface area (Å²) in [5.41, 5.74) is 0.0301. The van der Waals surface area contributed by atoms with Gasteiger partial charge in [0.05, 0.1) is 6.54 Å². The third-order valence-corrected chi connectivity index (χ3v) is 4.20. The van der Waals surface area contributed by atoms with E-state index in [4.69, 9.17) is 0 Å². The maximum atomic E-state index is 12.7. The van der Waals surface area contributed by atoms with Gasteiger partial charge in [0.2, 0.25) is 0 Å². The van der Waals surface area contributed by atoms with E-state index >= 15 is 0 Å². The molecule has 4 heteroatoms. The Kier molecular flexibility index (Phi) is 5.99. The van der Waals surface area contributed by atoms with E-state index in [1.54, 1.807) is 0 Å². The van der Waals surface area contributed by atoms with Crippen molar-refractivity contribution in [3.8, 4) is 0 Å². The van der Waals surface area contributed by atoms with E-state index in [0.29, 0.717) is 5.92 Å². The Hall–Kier alpha value is -0.220. The minimum Gasteiger partial charge on any atom is -0.308 e. The van der Waals surface area contributed by atoms with Crippen molar-refractivity contribution in [3.63, 3.8) is 0 Å². The fourth-order valence-corrected chi connectivity index (χ4v) is 2.93. The van der Waals surface area contributed by atoms with Gasteiger partial charge < -0.3 is 5.32 Å². The SMILES string of the molecule is CCC1(CC)CN(CC(F)F)C(CC(C)C)CN1. The van der Waals surface area contributed by atoms with Gasteiger partial charge in [0.25, 0.3) is 6.43 Å². The molecule has 1 aliphatic rings. The lowest BCUT2D eigenvalue weighted by atomic mass is 9.87. The molecule has 1 fully saturated rings. The molecule has 2 nitrogen and oxygen atoms in total. The van der Waals surface area contributed by atoms with Crippen LogP contribution in [0.2, 0.25) is 0 Å². The van der Waals surface area contributed by atoms with Crippen LogP contribution in [0.25, 0.3) is 0 Å². The fourth-order valence-electron chi connectivity index (χ4n) is 2.93. The van der Waals surface area contributed by atoms with Crippen LogP contribution in [0, 0.1) is 5.92 Å². The normalized spacial score (nSPS) is 25.0. The van der Waals surface area contributed by atoms with Crippen molar-refractivity contribution >= 4 is 0 Å². The molecule has 1 N–H and O–H groups in total. The number of rotatable bonds is 6. The molecule has 0 aliphatic carbocycles. The molecule has 1 rings (SSSR count). The zero-order valence-corrected chi connectivity index (χ0v) is 12.2. The Morgan fingerprint density at radius 1 is 1.28 bits per heavy atom. The number of nitrogens with one attached hydrogen (secondary N) is 1. The molecule has 1 unspecified atom stereocenters. The Labute approximate surface area is 110 Å². The number of nitrogens with zero attached hydrogens (tertiary/aromatic N) is 1. The van der Waals surface area contributed by atoms with E-state index < -0.39 is 6.43 Å². The molecular weight excluding hydrogens is 234 g/mol. The first kappa shape index (κ1) is 15.8. The van der Waals surface area contributed by atoms with Crippen LogP contribution in [-0.2, 0) is 0 Å². The Morgan fingerprint density at radius 2 is 1.89 bits per heavy atom. The monoisotopic (exact) mass is 262 g/mol. The van der Waals surface area contributed by atoms with E-state index in [2.05, 4.69) is 33.0 Å². The molecule has 0 aromatic rings. The van der Waals surface area contributed by atoms with Crippen molar-refractivity contribution in [2.24, 2.45) is 5.92 Å². The highest BCUT2D eigenvalue weighted by Gasteiger charge is 2.37. The van der Waals surface area contributed by atoms with Crippen LogP contribution in [0.3, 0.4) is 0 Å². The molecular formula is C14H28F2N2. The van der Waals surface area contributed by atoms with Crippen LogP contribution >= 0.6 is 0 Å². The van der Waals surface area contributed by atoms with E-state index in [1.165, 1.54) is 0 Å². The summed E-state index contributed by atoms with van der Waals surface area (Å²) >= 11 is 0. The van der Waals surface area contributed by atoms with Crippen molar-refractivity contribution in [1.82, 2.24) is 10.2 Å². The number of hydrogen-bond donors (Lipinski definition) is 1. The first-order valence-electron chi connectivity index (χ1n) is 7.19. The largest absolute Gasteiger partial charge is 0.308 e. The van der Waals surface area contributed by atoms with Crippen molar-refractivity contribution in [2.45, 2.75) is 65.0 Å². The fraction of sp³-hybridized carbons (Fsp3) is 1.00. The number of alkyl halides is 2. The Bertz CT molecular complexity index is 240. The molecule has 0 amide bonds. The second-order valence-electron chi connectivity index (χ2n) is 5.97. The lowest BCUT2D eigenvalue weighted by molar-refractivity contribution is 0.0111. The van der Waals surface area contributed by atoms with E-state index in [0.717, 1.165) is 32.4 Å². The summed E-state index contributed by atoms with van der Waals surface area (Å²) < 4.78 is 25.5. The molecule has 1 saturated heterocycles. The summed E-state index contributed by atoms with van der Waals surface area (Å²) in [5.74, 6) is 0.549. The molecule has 0 aromatic heterocycles. The average molecular weight is 262 g/mol. The van der Waals surface area contributed by atoms with Crippen molar-refractivity contribution < 1.29 is 8.78 Å². The highest BCUT2D eigenvalue weighted by Crippen LogP contribution is 2.25. The molecule has 18 heavy (non-hydrogen) atoms. The van der Waals surface area contributed by atoms with Gasteiger partial charge in [-0.15, -0.1) is 0 Å². The maximum absolute atomic E-state index is 12.7. The average Bonchev–Trinajstić information content (AvgIpc) is 2.30. The summed E-state index contributed by atoms with van der Waals surface area (Å²) in [6, 6.07) is 0.255. The molecule has 108 valence electrons. The van der Waals surface area contributed by atoms with Gasteiger partial charge in [0, 0.05) is 24.7 Å². The highest BCUT2D eigenvalue weighted by atomic mass is 19.3. The molecule has 1 aliphatic heterocycles. The van der Waals surface area contributed by atoms with Gasteiger partial charge in [0.1, 0.15) is 0 Å². The molecule has 0 saturated carbocycles. The summed E-state index contributed by atoms with van der Waals surface area (Å²) in [7, 11) is 0. The smallest absolute Gasteiger partial charge is 0.251 e. The molecule has 0 bridgehead atoms. The van der Waals surface area contributed by atoms with E-state index in [1.807, 2.05) is 4.90 Å².